The zero-order valence-electron chi connectivity index (χ0n) is 12.9. The Morgan fingerprint density at radius 3 is 1.14 bits per heavy atom. The molecular formula is C14H22B2O4Y2-4. The van der Waals surface area contributed by atoms with Gasteiger partial charge in [-0.05, 0) is 0 Å². The largest absolute Gasteiger partial charge is 0.394 e. The molecule has 8 atom stereocenters. The van der Waals surface area contributed by atoms with E-state index in [1.807, 2.05) is 0 Å². The Kier molecular flexibility index (Phi) is 15.0. The van der Waals surface area contributed by atoms with Crippen molar-refractivity contribution in [3.05, 3.63) is 27.7 Å². The Balaban J connectivity index is 0. The van der Waals surface area contributed by atoms with E-state index in [-0.39, 0.29) is 89.5 Å². The second-order valence-corrected chi connectivity index (χ2v) is 5.16. The van der Waals surface area contributed by atoms with Crippen LogP contribution in [0.5, 0.6) is 0 Å². The summed E-state index contributed by atoms with van der Waals surface area (Å²) in [5, 5.41) is 18.5. The molecule has 6 radical (unpaired) electrons. The second-order valence-electron chi connectivity index (χ2n) is 5.16. The molecular weight excluding hydrogens is 432 g/mol. The molecule has 0 spiro atoms. The maximum Gasteiger partial charge on any atom is 0.112 e. The van der Waals surface area contributed by atoms with Gasteiger partial charge in [0.2, 0.25) is 0 Å². The van der Waals surface area contributed by atoms with Gasteiger partial charge in [0.15, 0.2) is 0 Å². The SMILES string of the molecule is [B]C1OC(C[CH2-])C([CH2-])C1O.[B]C1OC(C[CH2-])C([CH2-])C1O.[Y].[Y]. The number of hydrogen-bond acceptors (Lipinski definition) is 4. The minimum Gasteiger partial charge on any atom is -0.394 e. The van der Waals surface area contributed by atoms with Crippen LogP contribution < -0.4 is 0 Å². The molecule has 0 bridgehead atoms. The molecule has 0 aromatic carbocycles. The molecule has 4 nitrogen and oxygen atoms in total. The molecule has 2 rings (SSSR count). The maximum absolute atomic E-state index is 9.23. The summed E-state index contributed by atoms with van der Waals surface area (Å²) in [7, 11) is 10.8. The Morgan fingerprint density at radius 2 is 1.05 bits per heavy atom. The molecule has 2 aliphatic heterocycles. The van der Waals surface area contributed by atoms with Crippen LogP contribution in [-0.4, -0.2) is 62.3 Å². The van der Waals surface area contributed by atoms with E-state index in [0.29, 0.717) is 12.8 Å². The van der Waals surface area contributed by atoms with Crippen molar-refractivity contribution >= 4 is 15.7 Å². The van der Waals surface area contributed by atoms with Crippen LogP contribution in [0.2, 0.25) is 0 Å². The van der Waals surface area contributed by atoms with Crippen LogP contribution in [0.1, 0.15) is 12.8 Å². The van der Waals surface area contributed by atoms with E-state index in [2.05, 4.69) is 27.7 Å². The normalized spacial score (nSPS) is 43.5. The van der Waals surface area contributed by atoms with Crippen molar-refractivity contribution in [1.82, 2.24) is 0 Å². The number of hydrogen-bond donors (Lipinski definition) is 2. The fourth-order valence-corrected chi connectivity index (χ4v) is 2.26. The van der Waals surface area contributed by atoms with E-state index < -0.39 is 24.2 Å². The number of aliphatic hydroxyl groups is 2. The summed E-state index contributed by atoms with van der Waals surface area (Å²) in [5.74, 6) is -0.264. The summed E-state index contributed by atoms with van der Waals surface area (Å²) in [5.41, 5.74) is 0. The fraction of sp³-hybridized carbons (Fsp3) is 0.714. The summed E-state index contributed by atoms with van der Waals surface area (Å²) in [6, 6.07) is -1.15. The van der Waals surface area contributed by atoms with Gasteiger partial charge in [-0.25, -0.2) is 0 Å². The van der Waals surface area contributed by atoms with Crippen molar-refractivity contribution in [2.75, 3.05) is 0 Å². The summed E-state index contributed by atoms with van der Waals surface area (Å²) in [6.45, 7) is 14.8. The van der Waals surface area contributed by atoms with Gasteiger partial charge in [-0.15, -0.1) is 11.8 Å². The van der Waals surface area contributed by atoms with Crippen LogP contribution in [0.15, 0.2) is 0 Å². The molecule has 2 aliphatic rings. The topological polar surface area (TPSA) is 58.9 Å². The second kappa shape index (κ2) is 12.5. The minimum atomic E-state index is -0.633. The molecule has 2 heterocycles. The summed E-state index contributed by atoms with van der Waals surface area (Å²) in [4.78, 5) is 0. The molecule has 0 aliphatic carbocycles. The Morgan fingerprint density at radius 1 is 0.773 bits per heavy atom. The quantitative estimate of drug-likeness (QED) is 0.450. The molecule has 8 heteroatoms. The summed E-state index contributed by atoms with van der Waals surface area (Å²) < 4.78 is 10.3. The van der Waals surface area contributed by atoms with Gasteiger partial charge in [0, 0.05) is 102 Å². The molecule has 2 fully saturated rings. The molecule has 0 saturated carbocycles. The first-order chi connectivity index (χ1) is 9.33. The van der Waals surface area contributed by atoms with Gasteiger partial charge in [-0.2, -0.15) is 12.8 Å². The molecule has 8 unspecified atom stereocenters. The van der Waals surface area contributed by atoms with Crippen molar-refractivity contribution in [3.63, 3.8) is 0 Å². The van der Waals surface area contributed by atoms with Gasteiger partial charge < -0.3 is 47.4 Å². The molecule has 22 heavy (non-hydrogen) atoms. The van der Waals surface area contributed by atoms with Gasteiger partial charge in [0.25, 0.3) is 0 Å². The Labute approximate surface area is 187 Å². The predicted octanol–water partition coefficient (Wildman–Crippen LogP) is -0.175. The molecule has 2 N–H and O–H groups in total. The van der Waals surface area contributed by atoms with Crippen LogP contribution >= 0.6 is 0 Å². The average molecular weight is 454 g/mol. The van der Waals surface area contributed by atoms with Crippen molar-refractivity contribution in [2.24, 2.45) is 11.8 Å². The smallest absolute Gasteiger partial charge is 0.112 e. The first kappa shape index (κ1) is 26.4. The summed E-state index contributed by atoms with van der Waals surface area (Å²) in [6.07, 6.45) is -0.203. The van der Waals surface area contributed by atoms with Crippen molar-refractivity contribution in [3.8, 4) is 0 Å². The van der Waals surface area contributed by atoms with Crippen molar-refractivity contribution in [2.45, 2.75) is 49.3 Å². The van der Waals surface area contributed by atoms with Crippen molar-refractivity contribution < 1.29 is 85.1 Å². The predicted molar refractivity (Wildman–Crippen MR) is 78.5 cm³/mol. The van der Waals surface area contributed by atoms with Crippen LogP contribution in [0.4, 0.5) is 0 Å². The van der Waals surface area contributed by atoms with E-state index in [0.717, 1.165) is 0 Å². The monoisotopic (exact) mass is 454 g/mol. The van der Waals surface area contributed by atoms with Gasteiger partial charge in [-0.3, -0.25) is 0 Å². The van der Waals surface area contributed by atoms with Crippen LogP contribution in [-0.2, 0) is 74.9 Å². The summed E-state index contributed by atoms with van der Waals surface area (Å²) >= 11 is 0. The first-order valence-electron chi connectivity index (χ1n) is 6.76. The number of aliphatic hydroxyl groups excluding tert-OH is 2. The third-order valence-corrected chi connectivity index (χ3v) is 3.74. The van der Waals surface area contributed by atoms with E-state index in [4.69, 9.17) is 25.2 Å². The van der Waals surface area contributed by atoms with Crippen molar-refractivity contribution in [1.29, 1.82) is 0 Å². The minimum absolute atomic E-state index is 0. The zero-order valence-corrected chi connectivity index (χ0v) is 18.6. The fourth-order valence-electron chi connectivity index (χ4n) is 2.26. The van der Waals surface area contributed by atoms with Crippen LogP contribution in [0, 0.1) is 39.5 Å². The maximum atomic E-state index is 9.23. The Bertz CT molecular complexity index is 274. The standard InChI is InChI=1S/2C7H11BO2.2Y/c2*1-3-5-4(2)6(9)7(8)10-5;;/h2*4-7,9H,1-3H2;;/q2*-2;;. The molecule has 118 valence electrons. The number of rotatable bonds is 2. The van der Waals surface area contributed by atoms with E-state index >= 15 is 0 Å². The first-order valence-corrected chi connectivity index (χ1v) is 6.76. The van der Waals surface area contributed by atoms with E-state index in [1.165, 1.54) is 0 Å². The third-order valence-electron chi connectivity index (χ3n) is 3.74. The van der Waals surface area contributed by atoms with Gasteiger partial charge in [-0.1, -0.05) is 0 Å². The Hall–Kier alpha value is 2.18. The van der Waals surface area contributed by atoms with E-state index in [9.17, 15) is 10.2 Å². The third kappa shape index (κ3) is 6.82. The molecule has 2 saturated heterocycles. The van der Waals surface area contributed by atoms with Crippen LogP contribution in [0.3, 0.4) is 0 Å². The van der Waals surface area contributed by atoms with Gasteiger partial charge in [0.05, 0.1) is 0 Å². The van der Waals surface area contributed by atoms with Crippen LogP contribution in [0.25, 0.3) is 0 Å². The average Bonchev–Trinajstić information content (AvgIpc) is 2.84. The van der Waals surface area contributed by atoms with Gasteiger partial charge >= 0.3 is 0 Å². The molecule has 0 aromatic heterocycles. The van der Waals surface area contributed by atoms with Gasteiger partial charge in [0.1, 0.15) is 15.7 Å². The van der Waals surface area contributed by atoms with E-state index in [1.54, 1.807) is 0 Å². The number of ether oxygens (including phenoxy) is 2. The molecule has 0 aromatic rings. The zero-order chi connectivity index (χ0) is 15.4. The molecule has 0 amide bonds.